The summed E-state index contributed by atoms with van der Waals surface area (Å²) in [4.78, 5) is 25.9. The lowest BCUT2D eigenvalue weighted by Crippen LogP contribution is -2.13. The summed E-state index contributed by atoms with van der Waals surface area (Å²) in [5, 5.41) is 0.843. The van der Waals surface area contributed by atoms with E-state index in [0.29, 0.717) is 12.1 Å². The maximum absolute atomic E-state index is 13.5. The summed E-state index contributed by atoms with van der Waals surface area (Å²) in [5.74, 6) is -0.183. The van der Waals surface area contributed by atoms with Crippen molar-refractivity contribution in [3.8, 4) is 22.6 Å². The van der Waals surface area contributed by atoms with Crippen molar-refractivity contribution in [2.75, 3.05) is 0 Å². The first-order valence-electron chi connectivity index (χ1n) is 11.4. The van der Waals surface area contributed by atoms with Crippen LogP contribution >= 0.6 is 0 Å². The number of rotatable bonds is 5. The Bertz CT molecular complexity index is 1740. The van der Waals surface area contributed by atoms with E-state index in [4.69, 9.17) is 10.7 Å². The third-order valence-corrected chi connectivity index (χ3v) is 6.17. The van der Waals surface area contributed by atoms with Gasteiger partial charge >= 0.3 is 0 Å². The van der Waals surface area contributed by atoms with Gasteiger partial charge in [-0.05, 0) is 65.2 Å². The first kappa shape index (κ1) is 21.6. The summed E-state index contributed by atoms with van der Waals surface area (Å²) in [5.41, 5.74) is 11.5. The molecule has 7 heteroatoms. The molecule has 3 aromatic heterocycles. The lowest BCUT2D eigenvalue weighted by atomic mass is 9.98. The van der Waals surface area contributed by atoms with Crippen LogP contribution in [-0.4, -0.2) is 25.4 Å². The van der Waals surface area contributed by atoms with Crippen molar-refractivity contribution in [2.24, 2.45) is 5.73 Å². The Labute approximate surface area is 205 Å². The van der Waals surface area contributed by atoms with Crippen LogP contribution in [0.1, 0.15) is 16.1 Å². The number of carbonyl (C=O) groups excluding carboxylic acids is 1. The molecular formula is C29H20FN5O. The van der Waals surface area contributed by atoms with Crippen molar-refractivity contribution in [2.45, 2.75) is 6.54 Å². The standard InChI is InChI=1S/C29H20FN5O/c30-20-11-9-19(10-12-20)22-16-26(28(31)36)33-25-15-18(8-13-21(22)25)17-35-27-7-2-1-5-23(27)34-29(35)24-6-3-4-14-32-24/h1-16H,17H2,(H2,31,36). The number of halogens is 1. The van der Waals surface area contributed by atoms with Crippen LogP contribution in [0, 0.1) is 5.82 Å². The highest BCUT2D eigenvalue weighted by atomic mass is 19.1. The summed E-state index contributed by atoms with van der Waals surface area (Å²) >= 11 is 0. The number of aromatic nitrogens is 4. The van der Waals surface area contributed by atoms with Crippen LogP contribution in [0.15, 0.2) is 97.2 Å². The predicted octanol–water partition coefficient (Wildman–Crippen LogP) is 5.60. The fraction of sp³-hybridized carbons (Fsp3) is 0.0345. The van der Waals surface area contributed by atoms with E-state index in [9.17, 15) is 9.18 Å². The fourth-order valence-corrected chi connectivity index (χ4v) is 4.48. The minimum atomic E-state index is -0.622. The first-order valence-corrected chi connectivity index (χ1v) is 11.4. The van der Waals surface area contributed by atoms with Crippen LogP contribution in [0.2, 0.25) is 0 Å². The van der Waals surface area contributed by atoms with Crippen molar-refractivity contribution < 1.29 is 9.18 Å². The summed E-state index contributed by atoms with van der Waals surface area (Å²) in [6, 6.07) is 27.5. The number of nitrogens with two attached hydrogens (primary N) is 1. The molecule has 0 bridgehead atoms. The normalized spacial score (nSPS) is 11.2. The van der Waals surface area contributed by atoms with E-state index in [0.717, 1.165) is 44.6 Å². The van der Waals surface area contributed by atoms with Gasteiger partial charge in [0.2, 0.25) is 0 Å². The zero-order chi connectivity index (χ0) is 24.6. The van der Waals surface area contributed by atoms with Crippen molar-refractivity contribution >= 4 is 27.8 Å². The average Bonchev–Trinajstić information content (AvgIpc) is 3.27. The molecule has 0 saturated heterocycles. The molecule has 6 rings (SSSR count). The molecule has 1 amide bonds. The van der Waals surface area contributed by atoms with Crippen molar-refractivity contribution in [3.63, 3.8) is 0 Å². The second-order valence-electron chi connectivity index (χ2n) is 8.50. The lowest BCUT2D eigenvalue weighted by Gasteiger charge is -2.12. The van der Waals surface area contributed by atoms with Gasteiger partial charge in [-0.1, -0.05) is 42.5 Å². The monoisotopic (exact) mass is 473 g/mol. The molecule has 0 saturated carbocycles. The topological polar surface area (TPSA) is 86.7 Å². The highest BCUT2D eigenvalue weighted by Crippen LogP contribution is 2.31. The Kier molecular flexibility index (Phi) is 5.22. The number of fused-ring (bicyclic) bond motifs is 2. The number of hydrogen-bond acceptors (Lipinski definition) is 4. The largest absolute Gasteiger partial charge is 0.364 e. The second-order valence-corrected chi connectivity index (χ2v) is 8.50. The second kappa shape index (κ2) is 8.70. The minimum Gasteiger partial charge on any atom is -0.364 e. The zero-order valence-corrected chi connectivity index (χ0v) is 19.1. The molecule has 6 nitrogen and oxygen atoms in total. The third kappa shape index (κ3) is 3.86. The average molecular weight is 474 g/mol. The van der Waals surface area contributed by atoms with E-state index >= 15 is 0 Å². The molecule has 6 aromatic rings. The van der Waals surface area contributed by atoms with E-state index in [2.05, 4.69) is 14.5 Å². The van der Waals surface area contributed by atoms with Crippen LogP contribution < -0.4 is 5.73 Å². The van der Waals surface area contributed by atoms with Crippen LogP contribution in [-0.2, 0) is 6.54 Å². The van der Waals surface area contributed by atoms with Gasteiger partial charge in [0.15, 0.2) is 5.82 Å². The quantitative estimate of drug-likeness (QED) is 0.353. The zero-order valence-electron chi connectivity index (χ0n) is 19.1. The Balaban J connectivity index is 1.50. The molecule has 3 heterocycles. The number of primary amides is 1. The van der Waals surface area contributed by atoms with Crippen molar-refractivity contribution in [1.82, 2.24) is 19.5 Å². The molecule has 0 spiro atoms. The highest BCUT2D eigenvalue weighted by molar-refractivity contribution is 6.01. The van der Waals surface area contributed by atoms with Crippen LogP contribution in [0.5, 0.6) is 0 Å². The summed E-state index contributed by atoms with van der Waals surface area (Å²) in [7, 11) is 0. The molecule has 0 aliphatic carbocycles. The number of benzene rings is 3. The van der Waals surface area contributed by atoms with E-state index in [1.165, 1.54) is 12.1 Å². The van der Waals surface area contributed by atoms with E-state index in [-0.39, 0.29) is 11.5 Å². The summed E-state index contributed by atoms with van der Waals surface area (Å²) in [6.07, 6.45) is 1.75. The van der Waals surface area contributed by atoms with Crippen LogP contribution in [0.25, 0.3) is 44.6 Å². The maximum atomic E-state index is 13.5. The SMILES string of the molecule is NC(=O)c1cc(-c2ccc(F)cc2)c2ccc(Cn3c(-c4ccccn4)nc4ccccc43)cc2n1. The predicted molar refractivity (Wildman–Crippen MR) is 138 cm³/mol. The molecule has 0 fully saturated rings. The van der Waals surface area contributed by atoms with Crippen molar-refractivity contribution in [1.29, 1.82) is 0 Å². The molecule has 0 unspecified atom stereocenters. The Morgan fingerprint density at radius 3 is 2.44 bits per heavy atom. The van der Waals surface area contributed by atoms with Gasteiger partial charge in [-0.25, -0.2) is 14.4 Å². The third-order valence-electron chi connectivity index (χ3n) is 6.17. The smallest absolute Gasteiger partial charge is 0.267 e. The van der Waals surface area contributed by atoms with Crippen molar-refractivity contribution in [3.05, 3.63) is 114 Å². The number of nitrogens with zero attached hydrogens (tertiary/aromatic N) is 4. The maximum Gasteiger partial charge on any atom is 0.267 e. The number of para-hydroxylation sites is 2. The Morgan fingerprint density at radius 1 is 0.861 bits per heavy atom. The molecule has 36 heavy (non-hydrogen) atoms. The number of carbonyl (C=O) groups is 1. The highest BCUT2D eigenvalue weighted by Gasteiger charge is 2.16. The van der Waals surface area contributed by atoms with Crippen LogP contribution in [0.3, 0.4) is 0 Å². The van der Waals surface area contributed by atoms with Crippen LogP contribution in [0.4, 0.5) is 4.39 Å². The molecule has 0 aliphatic heterocycles. The molecule has 0 radical (unpaired) electrons. The fourth-order valence-electron chi connectivity index (χ4n) is 4.48. The number of amides is 1. The summed E-state index contributed by atoms with van der Waals surface area (Å²) in [6.45, 7) is 0.525. The van der Waals surface area contributed by atoms with Gasteiger partial charge in [-0.3, -0.25) is 9.78 Å². The number of pyridine rings is 2. The Hall–Kier alpha value is -4.91. The summed E-state index contributed by atoms with van der Waals surface area (Å²) < 4.78 is 15.6. The van der Waals surface area contributed by atoms with Gasteiger partial charge in [0.05, 0.1) is 16.6 Å². The molecule has 2 N–H and O–H groups in total. The number of imidazole rings is 1. The first-order chi connectivity index (χ1) is 17.6. The van der Waals surface area contributed by atoms with E-state index in [1.807, 2.05) is 60.7 Å². The van der Waals surface area contributed by atoms with Gasteiger partial charge < -0.3 is 10.3 Å². The lowest BCUT2D eigenvalue weighted by molar-refractivity contribution is 0.0996. The van der Waals surface area contributed by atoms with Gasteiger partial charge in [-0.2, -0.15) is 0 Å². The van der Waals surface area contributed by atoms with E-state index in [1.54, 1.807) is 24.4 Å². The molecule has 0 aliphatic rings. The van der Waals surface area contributed by atoms with Gasteiger partial charge in [-0.15, -0.1) is 0 Å². The molecule has 0 atom stereocenters. The van der Waals surface area contributed by atoms with Gasteiger partial charge in [0.1, 0.15) is 17.2 Å². The molecule has 3 aromatic carbocycles. The molecular weight excluding hydrogens is 453 g/mol. The number of hydrogen-bond donors (Lipinski definition) is 1. The minimum absolute atomic E-state index is 0.154. The van der Waals surface area contributed by atoms with Gasteiger partial charge in [0, 0.05) is 18.1 Å². The molecule has 174 valence electrons. The van der Waals surface area contributed by atoms with E-state index < -0.39 is 5.91 Å². The Morgan fingerprint density at radius 2 is 1.67 bits per heavy atom. The van der Waals surface area contributed by atoms with Gasteiger partial charge in [0.25, 0.3) is 5.91 Å².